The molecule has 0 aliphatic carbocycles. The molecule has 1 heterocycles. The molecule has 0 N–H and O–H groups in total. The van der Waals surface area contributed by atoms with Crippen LogP contribution < -0.4 is 0 Å². The highest BCUT2D eigenvalue weighted by Crippen LogP contribution is 2.20. The third-order valence-corrected chi connectivity index (χ3v) is 1.65. The molecular formula is C9H6N2O2. The van der Waals surface area contributed by atoms with Crippen molar-refractivity contribution in [2.75, 3.05) is 0 Å². The molecule has 0 spiro atoms. The first-order valence-corrected chi connectivity index (χ1v) is 3.74. The van der Waals surface area contributed by atoms with Gasteiger partial charge in [-0.05, 0) is 18.2 Å². The summed E-state index contributed by atoms with van der Waals surface area (Å²) in [5.41, 5.74) is 1.94. The maximum Gasteiger partial charge on any atom is 0.240 e. The van der Waals surface area contributed by atoms with E-state index in [0.29, 0.717) is 22.7 Å². The van der Waals surface area contributed by atoms with E-state index in [0.717, 1.165) is 0 Å². The van der Waals surface area contributed by atoms with Gasteiger partial charge in [0.2, 0.25) is 6.08 Å². The lowest BCUT2D eigenvalue weighted by atomic mass is 10.3. The van der Waals surface area contributed by atoms with Gasteiger partial charge in [0.1, 0.15) is 5.52 Å². The number of carbonyl (C=O) groups excluding carboxylic acids is 1. The summed E-state index contributed by atoms with van der Waals surface area (Å²) in [7, 11) is 0. The Hall–Kier alpha value is -1.93. The predicted octanol–water partition coefficient (Wildman–Crippen LogP) is 2.10. The summed E-state index contributed by atoms with van der Waals surface area (Å²) in [5, 5.41) is 0. The molecular weight excluding hydrogens is 168 g/mol. The van der Waals surface area contributed by atoms with Gasteiger partial charge in [-0.25, -0.2) is 9.78 Å². The van der Waals surface area contributed by atoms with E-state index in [4.69, 9.17) is 4.42 Å². The van der Waals surface area contributed by atoms with E-state index in [1.54, 1.807) is 25.1 Å². The first-order chi connectivity index (χ1) is 6.29. The van der Waals surface area contributed by atoms with Gasteiger partial charge in [-0.3, -0.25) is 0 Å². The van der Waals surface area contributed by atoms with Crippen molar-refractivity contribution < 1.29 is 9.21 Å². The van der Waals surface area contributed by atoms with Crippen LogP contribution in [0.2, 0.25) is 0 Å². The van der Waals surface area contributed by atoms with Gasteiger partial charge in [-0.2, -0.15) is 4.99 Å². The Morgan fingerprint density at radius 2 is 2.38 bits per heavy atom. The zero-order valence-electron chi connectivity index (χ0n) is 6.94. The molecule has 1 aromatic heterocycles. The number of aromatic nitrogens is 1. The van der Waals surface area contributed by atoms with Crippen LogP contribution >= 0.6 is 0 Å². The van der Waals surface area contributed by atoms with E-state index in [1.807, 2.05) is 0 Å². The monoisotopic (exact) mass is 174 g/mol. The van der Waals surface area contributed by atoms with Crippen LogP contribution in [0.5, 0.6) is 0 Å². The largest absolute Gasteiger partial charge is 0.441 e. The van der Waals surface area contributed by atoms with Gasteiger partial charge in [0, 0.05) is 6.92 Å². The fourth-order valence-corrected chi connectivity index (χ4v) is 1.15. The second-order valence-corrected chi connectivity index (χ2v) is 2.59. The van der Waals surface area contributed by atoms with E-state index in [2.05, 4.69) is 9.98 Å². The molecule has 64 valence electrons. The Kier molecular flexibility index (Phi) is 1.69. The number of rotatable bonds is 1. The average molecular weight is 174 g/mol. The fourth-order valence-electron chi connectivity index (χ4n) is 1.15. The highest BCUT2D eigenvalue weighted by atomic mass is 16.3. The van der Waals surface area contributed by atoms with Crippen LogP contribution in [0.1, 0.15) is 5.89 Å². The van der Waals surface area contributed by atoms with Gasteiger partial charge in [-0.1, -0.05) is 0 Å². The van der Waals surface area contributed by atoms with Crippen LogP contribution in [0.25, 0.3) is 11.1 Å². The summed E-state index contributed by atoms with van der Waals surface area (Å²) in [6, 6.07) is 5.08. The number of aryl methyl sites for hydroxylation is 1. The first kappa shape index (κ1) is 7.71. The van der Waals surface area contributed by atoms with Crippen molar-refractivity contribution in [3.05, 3.63) is 24.1 Å². The van der Waals surface area contributed by atoms with Crippen molar-refractivity contribution in [1.29, 1.82) is 0 Å². The molecule has 4 nitrogen and oxygen atoms in total. The van der Waals surface area contributed by atoms with Crippen molar-refractivity contribution in [2.45, 2.75) is 6.92 Å². The van der Waals surface area contributed by atoms with Crippen molar-refractivity contribution in [2.24, 2.45) is 4.99 Å². The number of hydrogen-bond donors (Lipinski definition) is 0. The lowest BCUT2D eigenvalue weighted by Gasteiger charge is -1.87. The Morgan fingerprint density at radius 1 is 1.54 bits per heavy atom. The quantitative estimate of drug-likeness (QED) is 0.491. The van der Waals surface area contributed by atoms with Crippen LogP contribution in [0.15, 0.2) is 27.6 Å². The van der Waals surface area contributed by atoms with Crippen molar-refractivity contribution in [3.63, 3.8) is 0 Å². The number of isocyanates is 1. The molecule has 0 aliphatic rings. The van der Waals surface area contributed by atoms with E-state index in [-0.39, 0.29) is 0 Å². The van der Waals surface area contributed by atoms with E-state index < -0.39 is 0 Å². The first-order valence-electron chi connectivity index (χ1n) is 3.74. The van der Waals surface area contributed by atoms with E-state index >= 15 is 0 Å². The molecule has 0 radical (unpaired) electrons. The predicted molar refractivity (Wildman–Crippen MR) is 46.5 cm³/mol. The van der Waals surface area contributed by atoms with Gasteiger partial charge < -0.3 is 4.42 Å². The molecule has 13 heavy (non-hydrogen) atoms. The molecule has 0 atom stereocenters. The Balaban J connectivity index is 2.67. The molecule has 0 amide bonds. The van der Waals surface area contributed by atoms with Crippen LogP contribution in [-0.2, 0) is 4.79 Å². The smallest absolute Gasteiger partial charge is 0.240 e. The van der Waals surface area contributed by atoms with Crippen molar-refractivity contribution in [3.8, 4) is 0 Å². The Bertz CT molecular complexity index is 495. The molecule has 0 fully saturated rings. The number of aliphatic imine (C=N–C) groups is 1. The van der Waals surface area contributed by atoms with E-state index in [9.17, 15) is 4.79 Å². The van der Waals surface area contributed by atoms with Crippen LogP contribution in [0, 0.1) is 6.92 Å². The lowest BCUT2D eigenvalue weighted by Crippen LogP contribution is -1.68. The summed E-state index contributed by atoms with van der Waals surface area (Å²) in [6.07, 6.45) is 1.47. The third-order valence-electron chi connectivity index (χ3n) is 1.65. The number of nitrogens with zero attached hydrogens (tertiary/aromatic N) is 2. The summed E-state index contributed by atoms with van der Waals surface area (Å²) >= 11 is 0. The summed E-state index contributed by atoms with van der Waals surface area (Å²) in [4.78, 5) is 17.6. The van der Waals surface area contributed by atoms with Gasteiger partial charge >= 0.3 is 0 Å². The molecule has 4 heteroatoms. The molecule has 0 aliphatic heterocycles. The molecule has 0 unspecified atom stereocenters. The molecule has 1 aromatic carbocycles. The minimum absolute atomic E-state index is 0.538. The average Bonchev–Trinajstić information content (AvgIpc) is 2.44. The highest BCUT2D eigenvalue weighted by molar-refractivity contribution is 5.76. The molecule has 2 rings (SSSR count). The number of oxazole rings is 1. The van der Waals surface area contributed by atoms with Crippen LogP contribution in [0.3, 0.4) is 0 Å². The molecule has 0 bridgehead atoms. The summed E-state index contributed by atoms with van der Waals surface area (Å²) in [5.74, 6) is 0.599. The maximum atomic E-state index is 9.98. The van der Waals surface area contributed by atoms with Crippen molar-refractivity contribution >= 4 is 22.9 Å². The van der Waals surface area contributed by atoms with Gasteiger partial charge in [0.15, 0.2) is 11.5 Å². The topological polar surface area (TPSA) is 55.5 Å². The SMILES string of the molecule is Cc1nc2cc(N=C=O)ccc2o1. The highest BCUT2D eigenvalue weighted by Gasteiger charge is 2.01. The Labute approximate surface area is 73.9 Å². The minimum atomic E-state index is 0.538. The normalized spacial score (nSPS) is 9.92. The van der Waals surface area contributed by atoms with Crippen molar-refractivity contribution in [1.82, 2.24) is 4.98 Å². The summed E-state index contributed by atoms with van der Waals surface area (Å²) in [6.45, 7) is 1.77. The summed E-state index contributed by atoms with van der Waals surface area (Å²) < 4.78 is 5.25. The molecule has 2 aromatic rings. The number of fused-ring (bicyclic) bond motifs is 1. The lowest BCUT2D eigenvalue weighted by molar-refractivity contribution is 0.561. The minimum Gasteiger partial charge on any atom is -0.441 e. The van der Waals surface area contributed by atoms with E-state index in [1.165, 1.54) is 6.08 Å². The van der Waals surface area contributed by atoms with Gasteiger partial charge in [-0.15, -0.1) is 0 Å². The van der Waals surface area contributed by atoms with Gasteiger partial charge in [0.25, 0.3) is 0 Å². The van der Waals surface area contributed by atoms with Crippen LogP contribution in [-0.4, -0.2) is 11.1 Å². The second kappa shape index (κ2) is 2.84. The van der Waals surface area contributed by atoms with Gasteiger partial charge in [0.05, 0.1) is 5.69 Å². The second-order valence-electron chi connectivity index (χ2n) is 2.59. The molecule has 0 saturated carbocycles. The van der Waals surface area contributed by atoms with Crippen LogP contribution in [0.4, 0.5) is 5.69 Å². The maximum absolute atomic E-state index is 9.98. The standard InChI is InChI=1S/C9H6N2O2/c1-6-11-8-4-7(10-5-12)2-3-9(8)13-6/h2-4H,1H3. The zero-order valence-corrected chi connectivity index (χ0v) is 6.94. The fraction of sp³-hybridized carbons (Fsp3) is 0.111. The number of benzene rings is 1. The zero-order chi connectivity index (χ0) is 9.26. The molecule has 0 saturated heterocycles. The Morgan fingerprint density at radius 3 is 3.15 bits per heavy atom. The number of hydrogen-bond acceptors (Lipinski definition) is 4. The third kappa shape index (κ3) is 1.35.